The van der Waals surface area contributed by atoms with Crippen molar-refractivity contribution < 1.29 is 0 Å². The standard InChI is InChI=1S/C20H43N5/c1-6-24(7-2)15-11-12-19(4)23-20(21-5)22-16-18(3)17-25-13-9-8-10-14-25/h18-19H,6-17H2,1-5H3,(H2,21,22,23). The van der Waals surface area contributed by atoms with Gasteiger partial charge in [0, 0.05) is 26.2 Å². The van der Waals surface area contributed by atoms with Crippen LogP contribution in [0.2, 0.25) is 0 Å². The van der Waals surface area contributed by atoms with Crippen LogP contribution < -0.4 is 10.6 Å². The van der Waals surface area contributed by atoms with Gasteiger partial charge in [0.05, 0.1) is 0 Å². The van der Waals surface area contributed by atoms with Crippen LogP contribution >= 0.6 is 0 Å². The zero-order valence-corrected chi connectivity index (χ0v) is 17.5. The van der Waals surface area contributed by atoms with Crippen LogP contribution in [0.5, 0.6) is 0 Å². The summed E-state index contributed by atoms with van der Waals surface area (Å²) in [6.07, 6.45) is 6.56. The molecule has 2 N–H and O–H groups in total. The van der Waals surface area contributed by atoms with Gasteiger partial charge in [-0.3, -0.25) is 4.99 Å². The molecule has 148 valence electrons. The van der Waals surface area contributed by atoms with E-state index >= 15 is 0 Å². The van der Waals surface area contributed by atoms with Crippen LogP contribution in [0.3, 0.4) is 0 Å². The number of rotatable bonds is 11. The van der Waals surface area contributed by atoms with Crippen molar-refractivity contribution in [2.75, 3.05) is 52.9 Å². The predicted molar refractivity (Wildman–Crippen MR) is 110 cm³/mol. The van der Waals surface area contributed by atoms with E-state index in [0.29, 0.717) is 12.0 Å². The van der Waals surface area contributed by atoms with E-state index in [1.54, 1.807) is 0 Å². The molecule has 0 aromatic heterocycles. The van der Waals surface area contributed by atoms with E-state index in [4.69, 9.17) is 0 Å². The largest absolute Gasteiger partial charge is 0.356 e. The molecule has 2 unspecified atom stereocenters. The monoisotopic (exact) mass is 353 g/mol. The second-order valence-corrected chi connectivity index (χ2v) is 7.63. The molecule has 1 aliphatic rings. The third kappa shape index (κ3) is 10.0. The van der Waals surface area contributed by atoms with Crippen molar-refractivity contribution >= 4 is 5.96 Å². The minimum absolute atomic E-state index is 0.458. The first-order valence-corrected chi connectivity index (χ1v) is 10.5. The van der Waals surface area contributed by atoms with Crippen LogP contribution in [0.1, 0.15) is 59.8 Å². The lowest BCUT2D eigenvalue weighted by Crippen LogP contribution is -2.45. The van der Waals surface area contributed by atoms with Crippen molar-refractivity contribution in [2.24, 2.45) is 10.9 Å². The fourth-order valence-corrected chi connectivity index (χ4v) is 3.58. The number of likely N-dealkylation sites (tertiary alicyclic amines) is 1. The van der Waals surface area contributed by atoms with E-state index in [2.05, 4.69) is 53.1 Å². The highest BCUT2D eigenvalue weighted by molar-refractivity contribution is 5.79. The van der Waals surface area contributed by atoms with Gasteiger partial charge in [0.15, 0.2) is 5.96 Å². The maximum atomic E-state index is 4.39. The van der Waals surface area contributed by atoms with Crippen molar-refractivity contribution in [3.05, 3.63) is 0 Å². The SMILES string of the molecule is CCN(CC)CCCC(C)NC(=NC)NCC(C)CN1CCCCC1. The van der Waals surface area contributed by atoms with Gasteiger partial charge < -0.3 is 20.4 Å². The lowest BCUT2D eigenvalue weighted by Gasteiger charge is -2.29. The Bertz CT molecular complexity index is 348. The van der Waals surface area contributed by atoms with Crippen molar-refractivity contribution in [3.63, 3.8) is 0 Å². The summed E-state index contributed by atoms with van der Waals surface area (Å²) in [5.74, 6) is 1.59. The van der Waals surface area contributed by atoms with E-state index < -0.39 is 0 Å². The van der Waals surface area contributed by atoms with Crippen molar-refractivity contribution in [1.29, 1.82) is 0 Å². The van der Waals surface area contributed by atoms with Gasteiger partial charge in [-0.1, -0.05) is 27.2 Å². The predicted octanol–water partition coefficient (Wildman–Crippen LogP) is 2.78. The lowest BCUT2D eigenvalue weighted by atomic mass is 10.1. The molecule has 0 amide bonds. The van der Waals surface area contributed by atoms with Gasteiger partial charge in [-0.15, -0.1) is 0 Å². The molecule has 25 heavy (non-hydrogen) atoms. The van der Waals surface area contributed by atoms with Gasteiger partial charge in [0.1, 0.15) is 0 Å². The quantitative estimate of drug-likeness (QED) is 0.443. The second kappa shape index (κ2) is 13.4. The normalized spacial score (nSPS) is 19.0. The molecule has 0 spiro atoms. The second-order valence-electron chi connectivity index (χ2n) is 7.63. The molecule has 5 nitrogen and oxygen atoms in total. The lowest BCUT2D eigenvalue weighted by molar-refractivity contribution is 0.201. The first kappa shape index (κ1) is 22.2. The Balaban J connectivity index is 2.19. The molecule has 0 saturated carbocycles. The van der Waals surface area contributed by atoms with Crippen LogP contribution in [0.4, 0.5) is 0 Å². The van der Waals surface area contributed by atoms with Crippen LogP contribution in [0.25, 0.3) is 0 Å². The number of nitrogens with zero attached hydrogens (tertiary/aromatic N) is 3. The van der Waals surface area contributed by atoms with Crippen molar-refractivity contribution in [1.82, 2.24) is 20.4 Å². The summed E-state index contributed by atoms with van der Waals surface area (Å²) in [7, 11) is 1.87. The summed E-state index contributed by atoms with van der Waals surface area (Å²) in [4.78, 5) is 9.49. The molecule has 0 aromatic rings. The Hall–Kier alpha value is -0.810. The molecule has 0 bridgehead atoms. The Morgan fingerprint density at radius 3 is 2.40 bits per heavy atom. The highest BCUT2D eigenvalue weighted by Crippen LogP contribution is 2.10. The van der Waals surface area contributed by atoms with Gasteiger partial charge in [-0.05, 0) is 71.2 Å². The summed E-state index contributed by atoms with van der Waals surface area (Å²) in [5.41, 5.74) is 0. The van der Waals surface area contributed by atoms with E-state index in [1.807, 2.05) is 7.05 Å². The number of piperidine rings is 1. The number of hydrogen-bond donors (Lipinski definition) is 2. The van der Waals surface area contributed by atoms with Crippen molar-refractivity contribution in [2.45, 2.75) is 65.8 Å². The Labute approximate surface area is 156 Å². The first-order valence-electron chi connectivity index (χ1n) is 10.5. The van der Waals surface area contributed by atoms with Gasteiger partial charge in [0.25, 0.3) is 0 Å². The van der Waals surface area contributed by atoms with E-state index in [0.717, 1.165) is 25.6 Å². The van der Waals surface area contributed by atoms with Crippen LogP contribution in [0.15, 0.2) is 4.99 Å². The van der Waals surface area contributed by atoms with E-state index in [1.165, 1.54) is 58.3 Å². The number of hydrogen-bond acceptors (Lipinski definition) is 3. The van der Waals surface area contributed by atoms with Crippen LogP contribution in [0, 0.1) is 5.92 Å². The Morgan fingerprint density at radius 2 is 1.80 bits per heavy atom. The zero-order chi connectivity index (χ0) is 18.5. The molecule has 2 atom stereocenters. The van der Waals surface area contributed by atoms with E-state index in [-0.39, 0.29) is 0 Å². The van der Waals surface area contributed by atoms with Gasteiger partial charge in [-0.2, -0.15) is 0 Å². The van der Waals surface area contributed by atoms with Crippen molar-refractivity contribution in [3.8, 4) is 0 Å². The molecule has 1 aliphatic heterocycles. The van der Waals surface area contributed by atoms with Crippen LogP contribution in [-0.4, -0.2) is 74.7 Å². The molecule has 0 aliphatic carbocycles. The topological polar surface area (TPSA) is 42.9 Å². The minimum Gasteiger partial charge on any atom is -0.356 e. The zero-order valence-electron chi connectivity index (χ0n) is 17.5. The fourth-order valence-electron chi connectivity index (χ4n) is 3.58. The minimum atomic E-state index is 0.458. The summed E-state index contributed by atoms with van der Waals surface area (Å²) in [6, 6.07) is 0.458. The Kier molecular flexibility index (Phi) is 11.9. The summed E-state index contributed by atoms with van der Waals surface area (Å²) in [6.45, 7) is 17.3. The third-order valence-corrected chi connectivity index (χ3v) is 5.25. The number of guanidine groups is 1. The van der Waals surface area contributed by atoms with E-state index in [9.17, 15) is 0 Å². The van der Waals surface area contributed by atoms with Gasteiger partial charge in [-0.25, -0.2) is 0 Å². The first-order chi connectivity index (χ1) is 12.1. The molecular formula is C20H43N5. The summed E-state index contributed by atoms with van der Waals surface area (Å²) in [5, 5.41) is 7.06. The maximum absolute atomic E-state index is 4.39. The summed E-state index contributed by atoms with van der Waals surface area (Å²) < 4.78 is 0. The molecule has 5 heteroatoms. The van der Waals surface area contributed by atoms with Gasteiger partial charge in [0.2, 0.25) is 0 Å². The highest BCUT2D eigenvalue weighted by Gasteiger charge is 2.14. The molecule has 0 aromatic carbocycles. The van der Waals surface area contributed by atoms with Crippen LogP contribution in [-0.2, 0) is 0 Å². The molecule has 1 fully saturated rings. The number of nitrogens with one attached hydrogen (secondary N) is 2. The molecular weight excluding hydrogens is 310 g/mol. The Morgan fingerprint density at radius 1 is 1.12 bits per heavy atom. The maximum Gasteiger partial charge on any atom is 0.191 e. The fraction of sp³-hybridized carbons (Fsp3) is 0.950. The average Bonchev–Trinajstić information content (AvgIpc) is 2.63. The third-order valence-electron chi connectivity index (χ3n) is 5.25. The summed E-state index contributed by atoms with van der Waals surface area (Å²) >= 11 is 0. The molecule has 0 radical (unpaired) electrons. The number of aliphatic imine (C=N–C) groups is 1. The smallest absolute Gasteiger partial charge is 0.191 e. The molecule has 1 heterocycles. The van der Waals surface area contributed by atoms with Gasteiger partial charge >= 0.3 is 0 Å². The molecule has 1 rings (SSSR count). The average molecular weight is 354 g/mol. The molecule has 1 saturated heterocycles. The highest BCUT2D eigenvalue weighted by atomic mass is 15.2.